The number of rotatable bonds is 4. The molecule has 1 saturated heterocycles. The average molecular weight is 413 g/mol. The molecule has 30 heavy (non-hydrogen) atoms. The maximum absolute atomic E-state index is 12.5. The Morgan fingerprint density at radius 2 is 1.80 bits per heavy atom. The van der Waals surface area contributed by atoms with E-state index in [9.17, 15) is 4.79 Å². The highest BCUT2D eigenvalue weighted by atomic mass is 16.6. The zero-order valence-corrected chi connectivity index (χ0v) is 18.5. The molecule has 2 N–H and O–H groups in total. The van der Waals surface area contributed by atoms with Crippen molar-refractivity contribution in [1.82, 2.24) is 14.9 Å². The number of amides is 1. The molecule has 1 saturated carbocycles. The van der Waals surface area contributed by atoms with Gasteiger partial charge in [0.15, 0.2) is 0 Å². The van der Waals surface area contributed by atoms with Crippen LogP contribution in [-0.2, 0) is 4.74 Å². The third-order valence-electron chi connectivity index (χ3n) is 6.81. The number of nitrogens with one attached hydrogen (secondary N) is 2. The van der Waals surface area contributed by atoms with Crippen LogP contribution >= 0.6 is 0 Å². The summed E-state index contributed by atoms with van der Waals surface area (Å²) in [6, 6.07) is 4.45. The fourth-order valence-corrected chi connectivity index (χ4v) is 4.95. The van der Waals surface area contributed by atoms with Gasteiger partial charge in [-0.15, -0.1) is 0 Å². The van der Waals surface area contributed by atoms with Gasteiger partial charge in [0.2, 0.25) is 0 Å². The molecular weight excluding hydrogens is 376 g/mol. The number of hydrogen-bond donors (Lipinski definition) is 2. The Labute approximate surface area is 179 Å². The van der Waals surface area contributed by atoms with Crippen LogP contribution < -0.4 is 5.32 Å². The van der Waals surface area contributed by atoms with Crippen LogP contribution in [0.3, 0.4) is 0 Å². The molecule has 3 heterocycles. The maximum Gasteiger partial charge on any atom is 0.413 e. The second-order valence-corrected chi connectivity index (χ2v) is 9.24. The minimum absolute atomic E-state index is 0.0305. The van der Waals surface area contributed by atoms with Crippen LogP contribution in [0, 0.1) is 0 Å². The summed E-state index contributed by atoms with van der Waals surface area (Å²) < 4.78 is 5.70. The number of carbonyl (C=O) groups is 1. The van der Waals surface area contributed by atoms with Gasteiger partial charge >= 0.3 is 6.09 Å². The fourth-order valence-electron chi connectivity index (χ4n) is 4.95. The quantitative estimate of drug-likeness (QED) is 0.664. The normalized spacial score (nSPS) is 20.2. The zero-order chi connectivity index (χ0) is 20.9. The first-order chi connectivity index (χ1) is 14.6. The number of hydrogen-bond acceptors (Lipinski definition) is 4. The molecule has 1 aliphatic heterocycles. The Balaban J connectivity index is 1.40. The van der Waals surface area contributed by atoms with Crippen LogP contribution in [0.25, 0.3) is 11.0 Å². The summed E-state index contributed by atoms with van der Waals surface area (Å²) >= 11 is 0. The van der Waals surface area contributed by atoms with Crippen LogP contribution in [0.1, 0.15) is 83.1 Å². The number of piperidine rings is 1. The van der Waals surface area contributed by atoms with Crippen LogP contribution in [0.2, 0.25) is 0 Å². The highest BCUT2D eigenvalue weighted by Gasteiger charge is 2.25. The van der Waals surface area contributed by atoms with Gasteiger partial charge in [-0.2, -0.15) is 0 Å². The monoisotopic (exact) mass is 412 g/mol. The fraction of sp³-hybridized carbons (Fsp3) is 0.667. The molecule has 2 aromatic heterocycles. The molecule has 0 atom stereocenters. The zero-order valence-electron chi connectivity index (χ0n) is 18.5. The lowest BCUT2D eigenvalue weighted by atomic mass is 9.90. The summed E-state index contributed by atoms with van der Waals surface area (Å²) in [4.78, 5) is 23.1. The van der Waals surface area contributed by atoms with Crippen molar-refractivity contribution in [3.63, 3.8) is 0 Å². The van der Waals surface area contributed by atoms with Gasteiger partial charge in [-0.1, -0.05) is 19.3 Å². The van der Waals surface area contributed by atoms with E-state index in [0.717, 1.165) is 62.6 Å². The third kappa shape index (κ3) is 5.15. The molecule has 1 amide bonds. The Morgan fingerprint density at radius 3 is 2.50 bits per heavy atom. The first kappa shape index (κ1) is 21.2. The second-order valence-electron chi connectivity index (χ2n) is 9.24. The molecule has 0 radical (unpaired) electrons. The lowest BCUT2D eigenvalue weighted by Crippen LogP contribution is -2.37. The Bertz CT molecular complexity index is 831. The highest BCUT2D eigenvalue weighted by Crippen LogP contribution is 2.33. The number of anilines is 1. The lowest BCUT2D eigenvalue weighted by molar-refractivity contribution is 0.0932. The van der Waals surface area contributed by atoms with Crippen LogP contribution in [0.4, 0.5) is 10.6 Å². The van der Waals surface area contributed by atoms with Gasteiger partial charge in [0.05, 0.1) is 11.0 Å². The van der Waals surface area contributed by atoms with E-state index in [0.29, 0.717) is 17.8 Å². The number of aromatic nitrogens is 2. The van der Waals surface area contributed by atoms with Crippen molar-refractivity contribution >= 4 is 22.9 Å². The molecule has 6 nitrogen and oxygen atoms in total. The predicted octanol–water partition coefficient (Wildman–Crippen LogP) is 5.81. The van der Waals surface area contributed by atoms with E-state index >= 15 is 0 Å². The molecule has 6 heteroatoms. The predicted molar refractivity (Wildman–Crippen MR) is 121 cm³/mol. The molecule has 0 aromatic carbocycles. The Hall–Kier alpha value is -2.08. The van der Waals surface area contributed by atoms with Gasteiger partial charge in [-0.3, -0.25) is 5.32 Å². The van der Waals surface area contributed by atoms with Crippen molar-refractivity contribution in [2.24, 2.45) is 0 Å². The van der Waals surface area contributed by atoms with Crippen molar-refractivity contribution < 1.29 is 9.53 Å². The van der Waals surface area contributed by atoms with Crippen molar-refractivity contribution in [2.45, 2.75) is 89.7 Å². The molecular formula is C24H36N4O2. The molecule has 1 aliphatic carbocycles. The lowest BCUT2D eigenvalue weighted by Gasteiger charge is -2.34. The van der Waals surface area contributed by atoms with E-state index in [2.05, 4.69) is 35.2 Å². The van der Waals surface area contributed by atoms with Gasteiger partial charge in [-0.25, -0.2) is 9.78 Å². The van der Waals surface area contributed by atoms with E-state index in [1.54, 1.807) is 0 Å². The first-order valence-corrected chi connectivity index (χ1v) is 11.8. The Kier molecular flexibility index (Phi) is 6.93. The number of aromatic amines is 1. The number of ether oxygens (including phenoxy) is 1. The summed E-state index contributed by atoms with van der Waals surface area (Å²) in [5.41, 5.74) is 3.27. The summed E-state index contributed by atoms with van der Waals surface area (Å²) in [5.74, 6) is 1.08. The molecule has 0 unspecified atom stereocenters. The van der Waals surface area contributed by atoms with Crippen molar-refractivity contribution in [3.05, 3.63) is 23.9 Å². The number of fused-ring (bicyclic) bond motifs is 1. The SMILES string of the molecule is CC(C)N1CCC(c2c[nH]c3ccc(NC(=O)OC4CCCCCCC4)nc23)CC1. The van der Waals surface area contributed by atoms with Gasteiger partial charge < -0.3 is 14.6 Å². The van der Waals surface area contributed by atoms with Crippen molar-refractivity contribution in [3.8, 4) is 0 Å². The molecule has 0 spiro atoms. The summed E-state index contributed by atoms with van der Waals surface area (Å²) in [6.07, 6.45) is 12.1. The molecule has 2 aromatic rings. The minimum atomic E-state index is -0.380. The molecule has 2 fully saturated rings. The number of likely N-dealkylation sites (tertiary alicyclic amines) is 1. The van der Waals surface area contributed by atoms with E-state index in [1.165, 1.54) is 24.8 Å². The van der Waals surface area contributed by atoms with Crippen LogP contribution in [0.15, 0.2) is 18.3 Å². The Morgan fingerprint density at radius 1 is 1.10 bits per heavy atom. The standard InChI is InChI=1S/C24H36N4O2/c1-17(2)28-14-12-18(13-15-28)20-16-25-21-10-11-22(26-23(20)21)27-24(29)30-19-8-6-4-3-5-7-9-19/h10-11,16-19,25H,3-9,12-15H2,1-2H3,(H,26,27,29). The van der Waals surface area contributed by atoms with Crippen LogP contribution in [-0.4, -0.2) is 46.2 Å². The van der Waals surface area contributed by atoms with Gasteiger partial charge in [0.25, 0.3) is 0 Å². The highest BCUT2D eigenvalue weighted by molar-refractivity contribution is 5.87. The third-order valence-corrected chi connectivity index (χ3v) is 6.81. The first-order valence-electron chi connectivity index (χ1n) is 11.8. The molecule has 0 bridgehead atoms. The minimum Gasteiger partial charge on any atom is -0.446 e. The number of H-pyrrole nitrogens is 1. The van der Waals surface area contributed by atoms with E-state index in [4.69, 9.17) is 9.72 Å². The van der Waals surface area contributed by atoms with Crippen LogP contribution in [0.5, 0.6) is 0 Å². The summed E-state index contributed by atoms with van der Waals surface area (Å²) in [7, 11) is 0. The number of nitrogens with zero attached hydrogens (tertiary/aromatic N) is 2. The smallest absolute Gasteiger partial charge is 0.413 e. The van der Waals surface area contributed by atoms with E-state index in [-0.39, 0.29) is 12.2 Å². The average Bonchev–Trinajstić information content (AvgIpc) is 3.13. The van der Waals surface area contributed by atoms with Gasteiger partial charge in [0.1, 0.15) is 11.9 Å². The number of pyridine rings is 1. The summed E-state index contributed by atoms with van der Waals surface area (Å²) in [5, 5.41) is 2.86. The van der Waals surface area contributed by atoms with Gasteiger partial charge in [-0.05, 0) is 89.1 Å². The topological polar surface area (TPSA) is 70.2 Å². The summed E-state index contributed by atoms with van der Waals surface area (Å²) in [6.45, 7) is 6.78. The van der Waals surface area contributed by atoms with E-state index < -0.39 is 0 Å². The molecule has 164 valence electrons. The van der Waals surface area contributed by atoms with Crippen molar-refractivity contribution in [2.75, 3.05) is 18.4 Å². The van der Waals surface area contributed by atoms with Crippen molar-refractivity contribution in [1.29, 1.82) is 0 Å². The van der Waals surface area contributed by atoms with E-state index in [1.807, 2.05) is 12.1 Å². The second kappa shape index (κ2) is 9.82. The molecule has 2 aliphatic rings. The number of carbonyl (C=O) groups excluding carboxylic acids is 1. The maximum atomic E-state index is 12.5. The van der Waals surface area contributed by atoms with Gasteiger partial charge in [0, 0.05) is 12.2 Å². The molecule has 4 rings (SSSR count). The largest absolute Gasteiger partial charge is 0.446 e.